The third-order valence-electron chi connectivity index (χ3n) is 2.30. The predicted molar refractivity (Wildman–Crippen MR) is 68.4 cm³/mol. The van der Waals surface area contributed by atoms with Crippen LogP contribution < -0.4 is 35.3 Å². The van der Waals surface area contributed by atoms with E-state index in [1.807, 2.05) is 18.2 Å². The first kappa shape index (κ1) is 15.4. The fourth-order valence-corrected chi connectivity index (χ4v) is 1.44. The van der Waals surface area contributed by atoms with E-state index < -0.39 is 5.91 Å². The van der Waals surface area contributed by atoms with E-state index in [0.717, 1.165) is 0 Å². The van der Waals surface area contributed by atoms with E-state index in [-0.39, 0.29) is 48.0 Å². The SMILES string of the molecule is NC(=O)c1cccc(O)c1N=Nc1ccccc1.[H-].[Na+]. The van der Waals surface area contributed by atoms with Gasteiger partial charge in [0.25, 0.3) is 5.91 Å². The number of nitrogens with two attached hydrogens (primary N) is 1. The first-order chi connectivity index (χ1) is 8.68. The maximum Gasteiger partial charge on any atom is 1.00 e. The largest absolute Gasteiger partial charge is 1.00 e. The fraction of sp³-hybridized carbons (Fsp3) is 0. The Balaban J connectivity index is 0.00000180. The molecule has 0 radical (unpaired) electrons. The Kier molecular flexibility index (Phi) is 5.69. The number of nitrogens with zero attached hydrogens (tertiary/aromatic N) is 2. The minimum Gasteiger partial charge on any atom is -1.00 e. The van der Waals surface area contributed by atoms with Gasteiger partial charge in [0.2, 0.25) is 0 Å². The number of rotatable bonds is 3. The zero-order chi connectivity index (χ0) is 13.0. The molecule has 0 aliphatic carbocycles. The fourth-order valence-electron chi connectivity index (χ4n) is 1.44. The van der Waals surface area contributed by atoms with Crippen LogP contribution in [0.2, 0.25) is 0 Å². The van der Waals surface area contributed by atoms with Crippen molar-refractivity contribution in [2.45, 2.75) is 0 Å². The summed E-state index contributed by atoms with van der Waals surface area (Å²) in [4.78, 5) is 11.2. The van der Waals surface area contributed by atoms with Crippen LogP contribution in [0.25, 0.3) is 0 Å². The Morgan fingerprint density at radius 1 is 1.05 bits per heavy atom. The minimum atomic E-state index is -0.659. The van der Waals surface area contributed by atoms with Gasteiger partial charge in [-0.05, 0) is 24.3 Å². The molecule has 92 valence electrons. The Bertz CT molecular complexity index is 606. The van der Waals surface area contributed by atoms with Crippen molar-refractivity contribution in [1.29, 1.82) is 0 Å². The maximum absolute atomic E-state index is 11.2. The summed E-state index contributed by atoms with van der Waals surface area (Å²) in [6, 6.07) is 13.4. The van der Waals surface area contributed by atoms with Crippen LogP contribution >= 0.6 is 0 Å². The summed E-state index contributed by atoms with van der Waals surface area (Å²) in [6.07, 6.45) is 0. The molecule has 2 aromatic rings. The van der Waals surface area contributed by atoms with Crippen LogP contribution in [0.1, 0.15) is 11.8 Å². The maximum atomic E-state index is 11.2. The predicted octanol–water partition coefficient (Wildman–Crippen LogP) is 0.0230. The third-order valence-corrected chi connectivity index (χ3v) is 2.30. The molecule has 0 aliphatic rings. The van der Waals surface area contributed by atoms with E-state index >= 15 is 0 Å². The molecule has 2 rings (SSSR count). The van der Waals surface area contributed by atoms with Gasteiger partial charge in [-0.15, -0.1) is 5.11 Å². The summed E-state index contributed by atoms with van der Waals surface area (Å²) >= 11 is 0. The molecule has 0 fully saturated rings. The number of benzene rings is 2. The van der Waals surface area contributed by atoms with E-state index in [9.17, 15) is 9.90 Å². The van der Waals surface area contributed by atoms with Crippen molar-refractivity contribution in [1.82, 2.24) is 0 Å². The van der Waals surface area contributed by atoms with Gasteiger partial charge in [0.15, 0.2) is 0 Å². The number of phenolic OH excluding ortho intramolecular Hbond substituents is 1. The number of carbonyl (C=O) groups excluding carboxylic acids is 1. The molecule has 3 N–H and O–H groups in total. The van der Waals surface area contributed by atoms with Crippen molar-refractivity contribution in [2.24, 2.45) is 16.0 Å². The van der Waals surface area contributed by atoms with E-state index in [1.54, 1.807) is 12.1 Å². The molecule has 0 heterocycles. The number of phenols is 1. The third kappa shape index (κ3) is 3.89. The standard InChI is InChI=1S/C13H11N3O2.Na.H/c14-13(18)10-7-4-8-11(17)12(10)16-15-9-5-2-1-3-6-9;;/h1-8,17H,(H2,14,18);;/q;+1;-1. The second-order valence-corrected chi connectivity index (χ2v) is 3.57. The molecule has 0 aliphatic heterocycles. The number of amides is 1. The second-order valence-electron chi connectivity index (χ2n) is 3.57. The molecular weight excluding hydrogens is 253 g/mol. The molecule has 0 bridgehead atoms. The minimum absolute atomic E-state index is 0. The monoisotopic (exact) mass is 265 g/mol. The summed E-state index contributed by atoms with van der Waals surface area (Å²) in [7, 11) is 0. The first-order valence-corrected chi connectivity index (χ1v) is 5.27. The molecule has 0 unspecified atom stereocenters. The van der Waals surface area contributed by atoms with Crippen molar-refractivity contribution in [3.63, 3.8) is 0 Å². The van der Waals surface area contributed by atoms with Gasteiger partial charge in [-0.2, -0.15) is 5.11 Å². The molecule has 0 atom stereocenters. The average Bonchev–Trinajstić information content (AvgIpc) is 2.38. The molecule has 5 nitrogen and oxygen atoms in total. The summed E-state index contributed by atoms with van der Waals surface area (Å²) < 4.78 is 0. The second kappa shape index (κ2) is 7.04. The quantitative estimate of drug-likeness (QED) is 0.605. The smallest absolute Gasteiger partial charge is 1.00 e. The van der Waals surface area contributed by atoms with E-state index in [4.69, 9.17) is 5.73 Å². The summed E-state index contributed by atoms with van der Waals surface area (Å²) in [5.74, 6) is -0.793. The van der Waals surface area contributed by atoms with Gasteiger partial charge in [0.1, 0.15) is 11.4 Å². The Labute approximate surface area is 133 Å². The number of hydrogen-bond donors (Lipinski definition) is 2. The van der Waals surface area contributed by atoms with Crippen LogP contribution in [0.3, 0.4) is 0 Å². The average molecular weight is 265 g/mol. The van der Waals surface area contributed by atoms with E-state index in [1.165, 1.54) is 18.2 Å². The van der Waals surface area contributed by atoms with Crippen LogP contribution in [0.4, 0.5) is 11.4 Å². The molecule has 0 saturated carbocycles. The van der Waals surface area contributed by atoms with Gasteiger partial charge >= 0.3 is 29.6 Å². The zero-order valence-electron chi connectivity index (χ0n) is 11.4. The molecule has 2 aromatic carbocycles. The molecule has 19 heavy (non-hydrogen) atoms. The van der Waals surface area contributed by atoms with Crippen LogP contribution in [0, 0.1) is 0 Å². The Morgan fingerprint density at radius 3 is 2.37 bits per heavy atom. The van der Waals surface area contributed by atoms with Crippen molar-refractivity contribution < 1.29 is 40.9 Å². The Hall–Kier alpha value is -1.69. The van der Waals surface area contributed by atoms with Crippen LogP contribution in [0.15, 0.2) is 58.8 Å². The first-order valence-electron chi connectivity index (χ1n) is 5.27. The van der Waals surface area contributed by atoms with E-state index in [2.05, 4.69) is 10.2 Å². The topological polar surface area (TPSA) is 88.0 Å². The Morgan fingerprint density at radius 2 is 1.74 bits per heavy atom. The van der Waals surface area contributed by atoms with Crippen molar-refractivity contribution in [3.05, 3.63) is 54.1 Å². The number of aromatic hydroxyl groups is 1. The van der Waals surface area contributed by atoms with Gasteiger partial charge in [-0.1, -0.05) is 24.3 Å². The van der Waals surface area contributed by atoms with Crippen molar-refractivity contribution in [2.75, 3.05) is 0 Å². The van der Waals surface area contributed by atoms with Gasteiger partial charge < -0.3 is 12.3 Å². The summed E-state index contributed by atoms with van der Waals surface area (Å²) in [6.45, 7) is 0. The summed E-state index contributed by atoms with van der Waals surface area (Å²) in [5, 5.41) is 17.5. The molecule has 0 spiro atoms. The van der Waals surface area contributed by atoms with Crippen LogP contribution in [-0.2, 0) is 0 Å². The van der Waals surface area contributed by atoms with Crippen LogP contribution in [-0.4, -0.2) is 11.0 Å². The van der Waals surface area contributed by atoms with Gasteiger partial charge in [-0.25, -0.2) is 0 Å². The van der Waals surface area contributed by atoms with Gasteiger partial charge in [-0.3, -0.25) is 4.79 Å². The van der Waals surface area contributed by atoms with Gasteiger partial charge in [0.05, 0.1) is 11.3 Å². The normalized spacial score (nSPS) is 10.1. The summed E-state index contributed by atoms with van der Waals surface area (Å²) in [5.41, 5.74) is 6.03. The molecule has 6 heteroatoms. The molecule has 1 amide bonds. The number of carbonyl (C=O) groups is 1. The number of hydrogen-bond acceptors (Lipinski definition) is 4. The van der Waals surface area contributed by atoms with Gasteiger partial charge in [0, 0.05) is 0 Å². The molecule has 0 aromatic heterocycles. The van der Waals surface area contributed by atoms with Crippen molar-refractivity contribution >= 4 is 17.3 Å². The van der Waals surface area contributed by atoms with Crippen LogP contribution in [0.5, 0.6) is 5.75 Å². The zero-order valence-corrected chi connectivity index (χ0v) is 12.4. The number of primary amides is 1. The van der Waals surface area contributed by atoms with E-state index in [0.29, 0.717) is 5.69 Å². The van der Waals surface area contributed by atoms with Crippen molar-refractivity contribution in [3.8, 4) is 5.75 Å². The number of azo groups is 1. The molecular formula is C13H12N3NaO2. The molecule has 0 saturated heterocycles.